The summed E-state index contributed by atoms with van der Waals surface area (Å²) in [6.45, 7) is 4.92. The third-order valence-electron chi connectivity index (χ3n) is 5.83. The number of likely N-dealkylation sites (tertiary alicyclic amines) is 1. The molecular weight excluding hydrogens is 374 g/mol. The molecule has 0 saturated carbocycles. The Hall–Kier alpha value is -3.18. The van der Waals surface area contributed by atoms with Crippen molar-refractivity contribution in [2.24, 2.45) is 7.05 Å². The number of amides is 1. The second kappa shape index (κ2) is 8.67. The first-order valence-electron chi connectivity index (χ1n) is 10.3. The van der Waals surface area contributed by atoms with E-state index in [1.807, 2.05) is 48.3 Å². The van der Waals surface area contributed by atoms with Crippen LogP contribution < -0.4 is 0 Å². The molecule has 2 aromatic carbocycles. The Morgan fingerprint density at radius 1 is 1.17 bits per heavy atom. The lowest BCUT2D eigenvalue weighted by molar-refractivity contribution is -0.0531. The summed E-state index contributed by atoms with van der Waals surface area (Å²) in [6.07, 6.45) is 6.99. The molecule has 1 fully saturated rings. The van der Waals surface area contributed by atoms with Crippen molar-refractivity contribution in [3.05, 3.63) is 103 Å². The topological polar surface area (TPSA) is 47.4 Å². The third-order valence-corrected chi connectivity index (χ3v) is 5.83. The van der Waals surface area contributed by atoms with E-state index in [0.29, 0.717) is 19.0 Å². The Morgan fingerprint density at radius 2 is 1.80 bits per heavy atom. The van der Waals surface area contributed by atoms with Crippen molar-refractivity contribution >= 4 is 5.91 Å². The average Bonchev–Trinajstić information content (AvgIpc) is 3.45. The Morgan fingerprint density at radius 3 is 2.33 bits per heavy atom. The maximum atomic E-state index is 13.5. The molecule has 1 atom stereocenters. The summed E-state index contributed by atoms with van der Waals surface area (Å²) in [6, 6.07) is 20.2. The van der Waals surface area contributed by atoms with Gasteiger partial charge in [-0.1, -0.05) is 66.7 Å². The molecule has 1 saturated heterocycles. The van der Waals surface area contributed by atoms with Gasteiger partial charge in [-0.2, -0.15) is 0 Å². The fourth-order valence-electron chi connectivity index (χ4n) is 4.51. The molecule has 0 bridgehead atoms. The van der Waals surface area contributed by atoms with E-state index in [1.54, 1.807) is 23.0 Å². The first-order chi connectivity index (χ1) is 14.7. The molecule has 154 valence electrons. The molecule has 0 N–H and O–H groups in total. The summed E-state index contributed by atoms with van der Waals surface area (Å²) in [5.74, 6) is 0.379. The Balaban J connectivity index is 1.87. The van der Waals surface area contributed by atoms with Gasteiger partial charge in [-0.3, -0.25) is 4.79 Å². The summed E-state index contributed by atoms with van der Waals surface area (Å²) in [5.41, 5.74) is 1.26. The Labute approximate surface area is 177 Å². The molecule has 30 heavy (non-hydrogen) atoms. The summed E-state index contributed by atoms with van der Waals surface area (Å²) in [7, 11) is 1.85. The molecule has 4 rings (SSSR count). The first kappa shape index (κ1) is 20.1. The van der Waals surface area contributed by atoms with Gasteiger partial charge in [-0.25, -0.2) is 4.98 Å². The second-order valence-electron chi connectivity index (χ2n) is 7.59. The van der Waals surface area contributed by atoms with E-state index < -0.39 is 5.60 Å². The van der Waals surface area contributed by atoms with Gasteiger partial charge in [0.25, 0.3) is 5.91 Å². The van der Waals surface area contributed by atoms with E-state index in [0.717, 1.165) is 24.0 Å². The summed E-state index contributed by atoms with van der Waals surface area (Å²) in [5, 5.41) is 0. The van der Waals surface area contributed by atoms with Gasteiger partial charge < -0.3 is 14.2 Å². The number of imidazole rings is 1. The number of ether oxygens (including phenoxy) is 1. The highest BCUT2D eigenvalue weighted by atomic mass is 16.5. The number of carbonyl (C=O) groups is 1. The monoisotopic (exact) mass is 401 g/mol. The van der Waals surface area contributed by atoms with Crippen molar-refractivity contribution in [2.45, 2.75) is 24.5 Å². The predicted molar refractivity (Wildman–Crippen MR) is 117 cm³/mol. The number of hydrogen-bond donors (Lipinski definition) is 0. The maximum absolute atomic E-state index is 13.5. The molecule has 1 aliphatic rings. The van der Waals surface area contributed by atoms with Gasteiger partial charge in [-0.05, 0) is 24.0 Å². The number of carbonyl (C=O) groups excluding carboxylic acids is 1. The van der Waals surface area contributed by atoms with Gasteiger partial charge in [0, 0.05) is 26.0 Å². The summed E-state index contributed by atoms with van der Waals surface area (Å²) >= 11 is 0. The zero-order valence-corrected chi connectivity index (χ0v) is 17.3. The predicted octanol–water partition coefficient (Wildman–Crippen LogP) is 4.17. The van der Waals surface area contributed by atoms with Crippen molar-refractivity contribution in [2.75, 3.05) is 13.2 Å². The van der Waals surface area contributed by atoms with E-state index in [-0.39, 0.29) is 11.9 Å². The fourth-order valence-corrected chi connectivity index (χ4v) is 4.51. The number of aromatic nitrogens is 2. The van der Waals surface area contributed by atoms with Crippen LogP contribution in [0.2, 0.25) is 0 Å². The number of rotatable bonds is 7. The van der Waals surface area contributed by atoms with Crippen LogP contribution in [0.25, 0.3) is 0 Å². The van der Waals surface area contributed by atoms with Crippen molar-refractivity contribution in [1.82, 2.24) is 14.5 Å². The van der Waals surface area contributed by atoms with Crippen molar-refractivity contribution < 1.29 is 9.53 Å². The van der Waals surface area contributed by atoms with Crippen LogP contribution in [-0.2, 0) is 17.4 Å². The molecule has 5 heteroatoms. The molecule has 0 unspecified atom stereocenters. The number of nitrogens with zero attached hydrogens (tertiary/aromatic N) is 3. The van der Waals surface area contributed by atoms with Crippen molar-refractivity contribution in [1.29, 1.82) is 0 Å². The summed E-state index contributed by atoms with van der Waals surface area (Å²) in [4.78, 5) is 19.7. The van der Waals surface area contributed by atoms with E-state index in [4.69, 9.17) is 4.74 Å². The lowest BCUT2D eigenvalue weighted by atomic mass is 9.78. The Bertz CT molecular complexity index is 958. The van der Waals surface area contributed by atoms with Gasteiger partial charge >= 0.3 is 0 Å². The van der Waals surface area contributed by atoms with Crippen LogP contribution in [0.1, 0.15) is 34.6 Å². The standard InChI is InChI=1S/C25H27N3O2/c1-3-19-30-25(20-11-6-4-7-12-20,21-13-8-5-9-14-21)22-15-10-17-28(22)24(29)23-26-16-18-27(23)2/h3-9,11-14,16,18,22H,1,10,15,17,19H2,2H3/t22-/m0/s1. The summed E-state index contributed by atoms with van der Waals surface area (Å²) < 4.78 is 8.40. The van der Waals surface area contributed by atoms with Crippen molar-refractivity contribution in [3.63, 3.8) is 0 Å². The largest absolute Gasteiger partial charge is 0.359 e. The molecule has 1 aromatic heterocycles. The van der Waals surface area contributed by atoms with E-state index in [1.165, 1.54) is 0 Å². The van der Waals surface area contributed by atoms with Crippen LogP contribution in [0.4, 0.5) is 0 Å². The number of hydrogen-bond acceptors (Lipinski definition) is 3. The van der Waals surface area contributed by atoms with Crippen molar-refractivity contribution in [3.8, 4) is 0 Å². The molecule has 3 aromatic rings. The highest BCUT2D eigenvalue weighted by molar-refractivity contribution is 5.91. The highest BCUT2D eigenvalue weighted by Crippen LogP contribution is 2.43. The molecule has 1 amide bonds. The average molecular weight is 402 g/mol. The van der Waals surface area contributed by atoms with Crippen LogP contribution >= 0.6 is 0 Å². The minimum absolute atomic E-state index is 0.0663. The first-order valence-corrected chi connectivity index (χ1v) is 10.3. The lowest BCUT2D eigenvalue weighted by Gasteiger charge is -2.43. The molecule has 1 aliphatic heterocycles. The minimum Gasteiger partial charge on any atom is -0.359 e. The zero-order valence-electron chi connectivity index (χ0n) is 17.3. The zero-order chi connectivity index (χ0) is 21.0. The number of benzene rings is 2. The minimum atomic E-state index is -0.798. The third kappa shape index (κ3) is 3.46. The quantitative estimate of drug-likeness (QED) is 0.558. The van der Waals surface area contributed by atoms with Crippen LogP contribution in [0.3, 0.4) is 0 Å². The Kier molecular flexibility index (Phi) is 5.81. The van der Waals surface area contributed by atoms with E-state index >= 15 is 0 Å². The normalized spacial score (nSPS) is 16.6. The molecule has 5 nitrogen and oxygen atoms in total. The van der Waals surface area contributed by atoms with Gasteiger partial charge in [-0.15, -0.1) is 6.58 Å². The fraction of sp³-hybridized carbons (Fsp3) is 0.280. The van der Waals surface area contributed by atoms with Gasteiger partial charge in [0.15, 0.2) is 5.82 Å². The molecular formula is C25H27N3O2. The highest BCUT2D eigenvalue weighted by Gasteiger charge is 2.49. The van der Waals surface area contributed by atoms with Gasteiger partial charge in [0.05, 0.1) is 12.6 Å². The van der Waals surface area contributed by atoms with Crippen LogP contribution in [-0.4, -0.2) is 39.6 Å². The van der Waals surface area contributed by atoms with E-state index in [2.05, 4.69) is 35.8 Å². The smallest absolute Gasteiger partial charge is 0.290 e. The van der Waals surface area contributed by atoms with E-state index in [9.17, 15) is 4.79 Å². The second-order valence-corrected chi connectivity index (χ2v) is 7.59. The maximum Gasteiger partial charge on any atom is 0.290 e. The van der Waals surface area contributed by atoms with Crippen LogP contribution in [0, 0.1) is 0 Å². The lowest BCUT2D eigenvalue weighted by Crippen LogP contribution is -2.52. The molecule has 0 aliphatic carbocycles. The van der Waals surface area contributed by atoms with Crippen LogP contribution in [0.5, 0.6) is 0 Å². The van der Waals surface area contributed by atoms with Gasteiger partial charge in [0.1, 0.15) is 5.60 Å². The molecule has 2 heterocycles. The number of aryl methyl sites for hydroxylation is 1. The van der Waals surface area contributed by atoms with Gasteiger partial charge in [0.2, 0.25) is 0 Å². The van der Waals surface area contributed by atoms with Crippen LogP contribution in [0.15, 0.2) is 85.7 Å². The SMILES string of the molecule is C=CCOC(c1ccccc1)(c1ccccc1)[C@@H]1CCCN1C(=O)c1nccn1C. The molecule has 0 radical (unpaired) electrons. The molecule has 0 spiro atoms.